The molecule has 0 spiro atoms. The quantitative estimate of drug-likeness (QED) is 0.216. The van der Waals surface area contributed by atoms with Gasteiger partial charge in [0, 0.05) is 0 Å². The molecule has 0 heteroatoms. The highest BCUT2D eigenvalue weighted by Gasteiger charge is 2.15. The molecule has 0 fully saturated rings. The van der Waals surface area contributed by atoms with Gasteiger partial charge in [0.05, 0.1) is 0 Å². The third-order valence-corrected chi connectivity index (χ3v) is 8.02. The SMILES string of the molecule is c1cc(-c2cccc3ccccc23)cc(-c2cc3c4ccccc4c4ccccc4c3c3ccccc23)c1. The van der Waals surface area contributed by atoms with Crippen LogP contribution in [-0.2, 0) is 0 Å². The summed E-state index contributed by atoms with van der Waals surface area (Å²) >= 11 is 0. The van der Waals surface area contributed by atoms with Gasteiger partial charge < -0.3 is 0 Å². The lowest BCUT2D eigenvalue weighted by Crippen LogP contribution is -1.89. The van der Waals surface area contributed by atoms with Gasteiger partial charge in [0.1, 0.15) is 0 Å². The molecule has 0 atom stereocenters. The molecule has 0 aromatic heterocycles. The number of hydrogen-bond donors (Lipinski definition) is 0. The Labute approximate surface area is 221 Å². The van der Waals surface area contributed by atoms with Crippen molar-refractivity contribution < 1.29 is 0 Å². The molecule has 0 bridgehead atoms. The minimum atomic E-state index is 1.24. The molecule has 8 aromatic rings. The third-order valence-electron chi connectivity index (χ3n) is 8.02. The molecule has 8 rings (SSSR count). The highest BCUT2D eigenvalue weighted by atomic mass is 14.2. The minimum absolute atomic E-state index is 1.24. The van der Waals surface area contributed by atoms with Crippen LogP contribution in [0.4, 0.5) is 0 Å². The van der Waals surface area contributed by atoms with Gasteiger partial charge >= 0.3 is 0 Å². The van der Waals surface area contributed by atoms with Crippen molar-refractivity contribution in [3.8, 4) is 22.3 Å². The predicted octanol–water partition coefficient (Wildman–Crippen LogP) is 10.8. The van der Waals surface area contributed by atoms with Crippen molar-refractivity contribution in [1.82, 2.24) is 0 Å². The van der Waals surface area contributed by atoms with Crippen LogP contribution >= 0.6 is 0 Å². The van der Waals surface area contributed by atoms with Crippen LogP contribution < -0.4 is 0 Å². The van der Waals surface area contributed by atoms with Crippen LogP contribution in [0.15, 0.2) is 146 Å². The molecule has 0 unspecified atom stereocenters. The van der Waals surface area contributed by atoms with Crippen LogP contribution in [0.3, 0.4) is 0 Å². The van der Waals surface area contributed by atoms with Crippen LogP contribution in [0.2, 0.25) is 0 Å². The molecule has 8 aromatic carbocycles. The summed E-state index contributed by atoms with van der Waals surface area (Å²) in [5.41, 5.74) is 5.03. The zero-order chi connectivity index (χ0) is 25.1. The van der Waals surface area contributed by atoms with E-state index in [0.29, 0.717) is 0 Å². The topological polar surface area (TPSA) is 0 Å². The van der Waals surface area contributed by atoms with E-state index in [1.807, 2.05) is 0 Å². The highest BCUT2D eigenvalue weighted by Crippen LogP contribution is 2.43. The summed E-state index contributed by atoms with van der Waals surface area (Å²) in [7, 11) is 0. The lowest BCUT2D eigenvalue weighted by atomic mass is 9.87. The Morgan fingerprint density at radius 2 is 0.737 bits per heavy atom. The molecule has 0 saturated carbocycles. The van der Waals surface area contributed by atoms with Crippen LogP contribution in [0.25, 0.3) is 76.1 Å². The van der Waals surface area contributed by atoms with E-state index in [0.717, 1.165) is 0 Å². The third kappa shape index (κ3) is 3.11. The molecule has 0 aliphatic carbocycles. The van der Waals surface area contributed by atoms with Gasteiger partial charge in [-0.1, -0.05) is 133 Å². The van der Waals surface area contributed by atoms with E-state index < -0.39 is 0 Å². The van der Waals surface area contributed by atoms with Crippen molar-refractivity contribution in [2.24, 2.45) is 0 Å². The zero-order valence-electron chi connectivity index (χ0n) is 20.9. The van der Waals surface area contributed by atoms with Crippen LogP contribution in [0.1, 0.15) is 0 Å². The second kappa shape index (κ2) is 8.30. The molecule has 0 saturated heterocycles. The fourth-order valence-electron chi connectivity index (χ4n) is 6.34. The van der Waals surface area contributed by atoms with Gasteiger partial charge in [-0.05, 0) is 88.2 Å². The maximum atomic E-state index is 2.43. The van der Waals surface area contributed by atoms with E-state index >= 15 is 0 Å². The molecule has 0 N–H and O–H groups in total. The minimum Gasteiger partial charge on any atom is -0.0616 e. The van der Waals surface area contributed by atoms with Gasteiger partial charge in [-0.25, -0.2) is 0 Å². The van der Waals surface area contributed by atoms with Crippen molar-refractivity contribution in [3.05, 3.63) is 146 Å². The molecule has 38 heavy (non-hydrogen) atoms. The Bertz CT molecular complexity index is 2180. The van der Waals surface area contributed by atoms with Crippen molar-refractivity contribution >= 4 is 53.9 Å². The molecular formula is C38H24. The van der Waals surface area contributed by atoms with Crippen LogP contribution in [0.5, 0.6) is 0 Å². The maximum Gasteiger partial charge on any atom is -0.00199 e. The summed E-state index contributed by atoms with van der Waals surface area (Å²) in [5.74, 6) is 0. The van der Waals surface area contributed by atoms with E-state index in [-0.39, 0.29) is 0 Å². The number of rotatable bonds is 2. The summed E-state index contributed by atoms with van der Waals surface area (Å²) < 4.78 is 0. The summed E-state index contributed by atoms with van der Waals surface area (Å²) in [6.45, 7) is 0. The number of fused-ring (bicyclic) bond motifs is 9. The normalized spacial score (nSPS) is 11.7. The first-order valence-electron chi connectivity index (χ1n) is 13.2. The first-order chi connectivity index (χ1) is 18.9. The van der Waals surface area contributed by atoms with E-state index in [4.69, 9.17) is 0 Å². The zero-order valence-corrected chi connectivity index (χ0v) is 20.9. The number of hydrogen-bond acceptors (Lipinski definition) is 0. The van der Waals surface area contributed by atoms with Crippen LogP contribution in [0, 0.1) is 0 Å². The fraction of sp³-hybridized carbons (Fsp3) is 0. The van der Waals surface area contributed by atoms with Gasteiger partial charge in [-0.15, -0.1) is 0 Å². The van der Waals surface area contributed by atoms with Gasteiger partial charge in [-0.2, -0.15) is 0 Å². The molecular weight excluding hydrogens is 456 g/mol. The van der Waals surface area contributed by atoms with Crippen molar-refractivity contribution in [2.45, 2.75) is 0 Å². The van der Waals surface area contributed by atoms with Gasteiger partial charge in [0.2, 0.25) is 0 Å². The molecule has 0 aliphatic heterocycles. The lowest BCUT2D eigenvalue weighted by molar-refractivity contribution is 1.63. The molecule has 0 radical (unpaired) electrons. The largest absolute Gasteiger partial charge is 0.0616 e. The number of benzene rings is 8. The Hall–Kier alpha value is -4.94. The van der Waals surface area contributed by atoms with E-state index in [1.165, 1.54) is 76.1 Å². The molecule has 0 heterocycles. The smallest absolute Gasteiger partial charge is 0.00199 e. The Kier molecular flexibility index (Phi) is 4.62. The summed E-state index contributed by atoms with van der Waals surface area (Å²) in [6, 6.07) is 53.3. The Morgan fingerprint density at radius 3 is 1.47 bits per heavy atom. The fourth-order valence-corrected chi connectivity index (χ4v) is 6.34. The predicted molar refractivity (Wildman–Crippen MR) is 165 cm³/mol. The molecule has 0 nitrogen and oxygen atoms in total. The lowest BCUT2D eigenvalue weighted by Gasteiger charge is -2.16. The first-order valence-corrected chi connectivity index (χ1v) is 13.2. The van der Waals surface area contributed by atoms with Gasteiger partial charge in [-0.3, -0.25) is 0 Å². The average Bonchev–Trinajstić information content (AvgIpc) is 3.00. The molecule has 176 valence electrons. The van der Waals surface area contributed by atoms with Crippen molar-refractivity contribution in [2.75, 3.05) is 0 Å². The average molecular weight is 481 g/mol. The monoisotopic (exact) mass is 480 g/mol. The maximum absolute atomic E-state index is 2.43. The summed E-state index contributed by atoms with van der Waals surface area (Å²) in [5, 5.41) is 13.0. The van der Waals surface area contributed by atoms with E-state index in [1.54, 1.807) is 0 Å². The van der Waals surface area contributed by atoms with Gasteiger partial charge in [0.15, 0.2) is 0 Å². The summed E-state index contributed by atoms with van der Waals surface area (Å²) in [6.07, 6.45) is 0. The van der Waals surface area contributed by atoms with Gasteiger partial charge in [0.25, 0.3) is 0 Å². The molecule has 0 aliphatic rings. The Morgan fingerprint density at radius 1 is 0.263 bits per heavy atom. The Balaban J connectivity index is 1.48. The van der Waals surface area contributed by atoms with E-state index in [2.05, 4.69) is 146 Å². The summed E-state index contributed by atoms with van der Waals surface area (Å²) in [4.78, 5) is 0. The van der Waals surface area contributed by atoms with Crippen LogP contribution in [-0.4, -0.2) is 0 Å². The second-order valence-corrected chi connectivity index (χ2v) is 10.1. The second-order valence-electron chi connectivity index (χ2n) is 10.1. The first kappa shape index (κ1) is 21.2. The van der Waals surface area contributed by atoms with E-state index in [9.17, 15) is 0 Å². The molecule has 0 amide bonds. The highest BCUT2D eigenvalue weighted by molar-refractivity contribution is 6.33. The standard InChI is InChI=1S/C38H24/c1-2-15-28-25(11-1)12-10-22-29(28)26-13-9-14-27(23-26)36-24-37-32-18-4-3-16-30(32)31-17-5-7-20-34(31)38(37)35-21-8-6-19-33(35)36/h1-24H. The van der Waals surface area contributed by atoms with Crippen molar-refractivity contribution in [1.29, 1.82) is 0 Å². The van der Waals surface area contributed by atoms with Crippen molar-refractivity contribution in [3.63, 3.8) is 0 Å².